The molecule has 2 aromatic carbocycles. The van der Waals surface area contributed by atoms with Crippen LogP contribution >= 0.6 is 0 Å². The lowest BCUT2D eigenvalue weighted by Crippen LogP contribution is -2.40. The van der Waals surface area contributed by atoms with Gasteiger partial charge in [0.15, 0.2) is 0 Å². The second kappa shape index (κ2) is 8.69. The molecule has 0 bridgehead atoms. The number of hydrogen-bond acceptors (Lipinski definition) is 5. The van der Waals surface area contributed by atoms with Gasteiger partial charge in [0.05, 0.1) is 29.5 Å². The molecule has 156 valence electrons. The van der Waals surface area contributed by atoms with Crippen molar-refractivity contribution in [2.45, 2.75) is 24.3 Å². The van der Waals surface area contributed by atoms with Gasteiger partial charge >= 0.3 is 0 Å². The second-order valence-electron chi connectivity index (χ2n) is 7.37. The van der Waals surface area contributed by atoms with Crippen molar-refractivity contribution in [1.82, 2.24) is 4.31 Å². The molecule has 2 saturated heterocycles. The quantitative estimate of drug-likeness (QED) is 0.780. The second-order valence-corrected chi connectivity index (χ2v) is 9.31. The van der Waals surface area contributed by atoms with Crippen molar-refractivity contribution in [3.05, 3.63) is 53.8 Å². The molecule has 0 aromatic heterocycles. The predicted molar refractivity (Wildman–Crippen MR) is 111 cm³/mol. The lowest BCUT2D eigenvalue weighted by molar-refractivity contribution is 0.0730. The van der Waals surface area contributed by atoms with Crippen LogP contribution in [0.4, 0.5) is 15.8 Å². The first-order valence-corrected chi connectivity index (χ1v) is 11.4. The maximum Gasteiger partial charge on any atom is 0.243 e. The van der Waals surface area contributed by atoms with Gasteiger partial charge in [0.25, 0.3) is 0 Å². The maximum atomic E-state index is 13.5. The molecule has 2 heterocycles. The van der Waals surface area contributed by atoms with E-state index in [0.717, 1.165) is 42.9 Å². The Morgan fingerprint density at radius 3 is 2.48 bits per heavy atom. The summed E-state index contributed by atoms with van der Waals surface area (Å²) in [6, 6.07) is 11.7. The van der Waals surface area contributed by atoms with Crippen LogP contribution in [0, 0.1) is 5.82 Å². The zero-order valence-corrected chi connectivity index (χ0v) is 17.1. The number of rotatable bonds is 6. The highest BCUT2D eigenvalue weighted by Gasteiger charge is 2.27. The fourth-order valence-corrected chi connectivity index (χ4v) is 5.27. The van der Waals surface area contributed by atoms with Gasteiger partial charge < -0.3 is 15.0 Å². The Morgan fingerprint density at radius 1 is 1.00 bits per heavy atom. The van der Waals surface area contributed by atoms with E-state index in [-0.39, 0.29) is 10.7 Å². The Labute approximate surface area is 171 Å². The van der Waals surface area contributed by atoms with E-state index in [0.29, 0.717) is 32.8 Å². The molecule has 4 rings (SSSR count). The first kappa shape index (κ1) is 20.1. The summed E-state index contributed by atoms with van der Waals surface area (Å²) in [4.78, 5) is 2.53. The first-order valence-electron chi connectivity index (χ1n) is 9.99. The van der Waals surface area contributed by atoms with Crippen LogP contribution in [0.25, 0.3) is 0 Å². The third kappa shape index (κ3) is 4.55. The highest BCUT2D eigenvalue weighted by atomic mass is 32.2. The SMILES string of the molecule is O=S(=O)(c1ccc(N2CCCC2)c(NCc2cccc(F)c2)c1)N1CCOCC1. The summed E-state index contributed by atoms with van der Waals surface area (Å²) >= 11 is 0. The van der Waals surface area contributed by atoms with Gasteiger partial charge in [0.2, 0.25) is 10.0 Å². The molecule has 29 heavy (non-hydrogen) atoms. The molecule has 0 unspecified atom stereocenters. The Morgan fingerprint density at radius 2 is 1.76 bits per heavy atom. The summed E-state index contributed by atoms with van der Waals surface area (Å²) in [5, 5.41) is 3.33. The van der Waals surface area contributed by atoms with Crippen LogP contribution in [0.5, 0.6) is 0 Å². The fraction of sp³-hybridized carbons (Fsp3) is 0.429. The molecule has 2 aliphatic heterocycles. The molecular formula is C21H26FN3O3S. The molecule has 0 radical (unpaired) electrons. The van der Waals surface area contributed by atoms with Gasteiger partial charge in [-0.3, -0.25) is 0 Å². The van der Waals surface area contributed by atoms with Crippen LogP contribution < -0.4 is 10.2 Å². The van der Waals surface area contributed by atoms with Gasteiger partial charge in [-0.2, -0.15) is 4.31 Å². The van der Waals surface area contributed by atoms with Gasteiger partial charge in [-0.05, 0) is 48.7 Å². The van der Waals surface area contributed by atoms with Gasteiger partial charge in [0, 0.05) is 32.7 Å². The van der Waals surface area contributed by atoms with Crippen LogP contribution in [-0.2, 0) is 21.3 Å². The topological polar surface area (TPSA) is 61.9 Å². The van der Waals surface area contributed by atoms with Crippen molar-refractivity contribution < 1.29 is 17.5 Å². The lowest BCUT2D eigenvalue weighted by Gasteiger charge is -2.27. The van der Waals surface area contributed by atoms with E-state index in [9.17, 15) is 12.8 Å². The number of hydrogen-bond donors (Lipinski definition) is 1. The zero-order chi connectivity index (χ0) is 20.3. The standard InChI is InChI=1S/C21H26FN3O3S/c22-18-5-3-4-17(14-18)16-23-20-15-19(6-7-21(20)24-8-1-2-9-24)29(26,27)25-10-12-28-13-11-25/h3-7,14-15,23H,1-2,8-13,16H2. The monoisotopic (exact) mass is 419 g/mol. The molecular weight excluding hydrogens is 393 g/mol. The summed E-state index contributed by atoms with van der Waals surface area (Å²) in [6.45, 7) is 3.87. The van der Waals surface area contributed by atoms with E-state index in [1.54, 1.807) is 18.2 Å². The van der Waals surface area contributed by atoms with Crippen LogP contribution in [-0.4, -0.2) is 52.1 Å². The Kier molecular flexibility index (Phi) is 6.03. The minimum Gasteiger partial charge on any atom is -0.379 e. The Bertz CT molecular complexity index is 955. The maximum absolute atomic E-state index is 13.5. The molecule has 8 heteroatoms. The average Bonchev–Trinajstić information content (AvgIpc) is 3.27. The van der Waals surface area contributed by atoms with Crippen molar-refractivity contribution >= 4 is 21.4 Å². The number of nitrogens with zero attached hydrogens (tertiary/aromatic N) is 2. The summed E-state index contributed by atoms with van der Waals surface area (Å²) in [6.07, 6.45) is 2.24. The smallest absolute Gasteiger partial charge is 0.243 e. The van der Waals surface area contributed by atoms with Crippen molar-refractivity contribution in [3.8, 4) is 0 Å². The van der Waals surface area contributed by atoms with Crippen LogP contribution in [0.2, 0.25) is 0 Å². The summed E-state index contributed by atoms with van der Waals surface area (Å²) in [7, 11) is -3.58. The van der Waals surface area contributed by atoms with Gasteiger partial charge in [0.1, 0.15) is 5.82 Å². The average molecular weight is 420 g/mol. The highest BCUT2D eigenvalue weighted by Crippen LogP contribution is 2.33. The fourth-order valence-electron chi connectivity index (χ4n) is 3.83. The van der Waals surface area contributed by atoms with Crippen molar-refractivity contribution in [2.75, 3.05) is 49.6 Å². The minimum absolute atomic E-state index is 0.268. The molecule has 1 N–H and O–H groups in total. The summed E-state index contributed by atoms with van der Waals surface area (Å²) < 4.78 is 46.4. The zero-order valence-electron chi connectivity index (χ0n) is 16.3. The van der Waals surface area contributed by atoms with Crippen LogP contribution in [0.15, 0.2) is 47.4 Å². The lowest BCUT2D eigenvalue weighted by atomic mass is 10.2. The van der Waals surface area contributed by atoms with E-state index in [4.69, 9.17) is 4.74 Å². The van der Waals surface area contributed by atoms with Gasteiger partial charge in [-0.15, -0.1) is 0 Å². The highest BCUT2D eigenvalue weighted by molar-refractivity contribution is 7.89. The molecule has 2 aliphatic rings. The normalized spacial score (nSPS) is 18.2. The molecule has 0 spiro atoms. The van der Waals surface area contributed by atoms with Gasteiger partial charge in [-0.1, -0.05) is 12.1 Å². The van der Waals surface area contributed by atoms with E-state index in [1.165, 1.54) is 16.4 Å². The largest absolute Gasteiger partial charge is 0.379 e. The molecule has 0 saturated carbocycles. The van der Waals surface area contributed by atoms with Crippen molar-refractivity contribution in [1.29, 1.82) is 0 Å². The molecule has 0 amide bonds. The molecule has 6 nitrogen and oxygen atoms in total. The number of ether oxygens (including phenoxy) is 1. The molecule has 2 fully saturated rings. The molecule has 0 aliphatic carbocycles. The predicted octanol–water partition coefficient (Wildman–Crippen LogP) is 3.06. The summed E-state index contributed by atoms with van der Waals surface area (Å²) in [5.74, 6) is -0.285. The van der Waals surface area contributed by atoms with E-state index >= 15 is 0 Å². The van der Waals surface area contributed by atoms with Crippen LogP contribution in [0.3, 0.4) is 0 Å². The van der Waals surface area contributed by atoms with Crippen LogP contribution in [0.1, 0.15) is 18.4 Å². The number of morpholine rings is 1. The number of nitrogens with one attached hydrogen (secondary N) is 1. The molecule has 0 atom stereocenters. The third-order valence-electron chi connectivity index (χ3n) is 5.39. The van der Waals surface area contributed by atoms with E-state index < -0.39 is 10.0 Å². The Balaban J connectivity index is 1.63. The van der Waals surface area contributed by atoms with E-state index in [1.807, 2.05) is 12.1 Å². The first-order chi connectivity index (χ1) is 14.0. The number of halogens is 1. The minimum atomic E-state index is -3.58. The number of sulfonamides is 1. The third-order valence-corrected chi connectivity index (χ3v) is 7.29. The molecule has 2 aromatic rings. The number of benzene rings is 2. The van der Waals surface area contributed by atoms with Gasteiger partial charge in [-0.25, -0.2) is 12.8 Å². The van der Waals surface area contributed by atoms with Crippen molar-refractivity contribution in [3.63, 3.8) is 0 Å². The van der Waals surface area contributed by atoms with Crippen molar-refractivity contribution in [2.24, 2.45) is 0 Å². The van der Waals surface area contributed by atoms with E-state index in [2.05, 4.69) is 10.2 Å². The summed E-state index contributed by atoms with van der Waals surface area (Å²) in [5.41, 5.74) is 2.55. The Hall–Kier alpha value is -2.16. The number of anilines is 2.